The van der Waals surface area contributed by atoms with Gasteiger partial charge in [-0.1, -0.05) is 25.4 Å². The van der Waals surface area contributed by atoms with Crippen molar-refractivity contribution in [2.45, 2.75) is 51.6 Å². The van der Waals surface area contributed by atoms with E-state index in [0.29, 0.717) is 46.7 Å². The first kappa shape index (κ1) is 19.3. The van der Waals surface area contributed by atoms with Gasteiger partial charge in [-0.25, -0.2) is 0 Å². The average Bonchev–Trinajstić information content (AvgIpc) is 2.94. The number of rotatable bonds is 6. The van der Waals surface area contributed by atoms with Crippen molar-refractivity contribution in [1.29, 1.82) is 0 Å². The van der Waals surface area contributed by atoms with Gasteiger partial charge in [0.15, 0.2) is 11.5 Å². The van der Waals surface area contributed by atoms with Crippen LogP contribution in [-0.2, 0) is 0 Å². The SMILES string of the molecule is COc1cc(C(=O)N2CCC3CCC(C2)N3)cc(Cl)c1OCCC(C)C. The minimum Gasteiger partial charge on any atom is -0.493 e. The molecule has 1 amide bonds. The third-order valence-electron chi connectivity index (χ3n) is 5.23. The average molecular weight is 381 g/mol. The molecule has 5 nitrogen and oxygen atoms in total. The van der Waals surface area contributed by atoms with Crippen LogP contribution in [0, 0.1) is 5.92 Å². The molecule has 2 fully saturated rings. The summed E-state index contributed by atoms with van der Waals surface area (Å²) >= 11 is 6.42. The molecule has 2 bridgehead atoms. The number of carbonyl (C=O) groups is 1. The van der Waals surface area contributed by atoms with Crippen LogP contribution in [0.3, 0.4) is 0 Å². The maximum absolute atomic E-state index is 13.0. The second-order valence-corrected chi connectivity index (χ2v) is 8.11. The number of benzene rings is 1. The van der Waals surface area contributed by atoms with E-state index in [4.69, 9.17) is 21.1 Å². The Morgan fingerprint density at radius 1 is 1.31 bits per heavy atom. The van der Waals surface area contributed by atoms with Crippen LogP contribution in [0.1, 0.15) is 49.9 Å². The molecular formula is C20H29ClN2O3. The number of nitrogens with one attached hydrogen (secondary N) is 1. The summed E-state index contributed by atoms with van der Waals surface area (Å²) in [5.74, 6) is 1.59. The zero-order valence-corrected chi connectivity index (χ0v) is 16.6. The highest BCUT2D eigenvalue weighted by molar-refractivity contribution is 6.32. The number of hydrogen-bond donors (Lipinski definition) is 1. The molecule has 0 spiro atoms. The fraction of sp³-hybridized carbons (Fsp3) is 0.650. The van der Waals surface area contributed by atoms with Gasteiger partial charge in [0.1, 0.15) is 0 Å². The first-order valence-electron chi connectivity index (χ1n) is 9.53. The first-order chi connectivity index (χ1) is 12.5. The van der Waals surface area contributed by atoms with Gasteiger partial charge in [0, 0.05) is 30.7 Å². The monoisotopic (exact) mass is 380 g/mol. The molecule has 2 atom stereocenters. The number of hydrogen-bond acceptors (Lipinski definition) is 4. The topological polar surface area (TPSA) is 50.8 Å². The van der Waals surface area contributed by atoms with Crippen molar-refractivity contribution in [3.63, 3.8) is 0 Å². The lowest BCUT2D eigenvalue weighted by Crippen LogP contribution is -2.39. The standard InChI is InChI=1S/C20H29ClN2O3/c1-13(2)7-9-26-19-17(21)10-14(11-18(19)25-3)20(24)23-8-6-15-4-5-16(12-23)22-15/h10-11,13,15-16,22H,4-9,12H2,1-3H3. The second-order valence-electron chi connectivity index (χ2n) is 7.70. The number of halogens is 1. The van der Waals surface area contributed by atoms with Crippen LogP contribution < -0.4 is 14.8 Å². The molecule has 2 saturated heterocycles. The minimum absolute atomic E-state index is 0.00767. The molecule has 1 aromatic rings. The predicted octanol–water partition coefficient (Wildman–Crippen LogP) is 3.74. The number of nitrogens with zero attached hydrogens (tertiary/aromatic N) is 1. The van der Waals surface area contributed by atoms with Crippen LogP contribution in [0.2, 0.25) is 5.02 Å². The number of fused-ring (bicyclic) bond motifs is 2. The van der Waals surface area contributed by atoms with Crippen molar-refractivity contribution in [2.75, 3.05) is 26.8 Å². The van der Waals surface area contributed by atoms with E-state index in [1.54, 1.807) is 19.2 Å². The van der Waals surface area contributed by atoms with Gasteiger partial charge in [-0.3, -0.25) is 4.79 Å². The molecule has 144 valence electrons. The molecule has 0 radical (unpaired) electrons. The quantitative estimate of drug-likeness (QED) is 0.816. The molecule has 26 heavy (non-hydrogen) atoms. The fourth-order valence-corrected chi connectivity index (χ4v) is 3.96. The minimum atomic E-state index is 0.00767. The van der Waals surface area contributed by atoms with Crippen molar-refractivity contribution >= 4 is 17.5 Å². The molecule has 0 aromatic heterocycles. The van der Waals surface area contributed by atoms with Crippen molar-refractivity contribution in [1.82, 2.24) is 10.2 Å². The van der Waals surface area contributed by atoms with Crippen LogP contribution >= 0.6 is 11.6 Å². The summed E-state index contributed by atoms with van der Waals surface area (Å²) in [6.07, 6.45) is 4.29. The van der Waals surface area contributed by atoms with Crippen LogP contribution in [0.15, 0.2) is 12.1 Å². The Kier molecular flexibility index (Phi) is 6.30. The van der Waals surface area contributed by atoms with E-state index in [1.165, 1.54) is 6.42 Å². The number of ether oxygens (including phenoxy) is 2. The van der Waals surface area contributed by atoms with Gasteiger partial charge >= 0.3 is 0 Å². The van der Waals surface area contributed by atoms with Crippen LogP contribution in [0.5, 0.6) is 11.5 Å². The van der Waals surface area contributed by atoms with E-state index in [9.17, 15) is 4.79 Å². The predicted molar refractivity (Wildman–Crippen MR) is 103 cm³/mol. The molecule has 2 aliphatic heterocycles. The van der Waals surface area contributed by atoms with E-state index in [2.05, 4.69) is 19.2 Å². The highest BCUT2D eigenvalue weighted by atomic mass is 35.5. The number of methoxy groups -OCH3 is 1. The highest BCUT2D eigenvalue weighted by Gasteiger charge is 2.32. The summed E-state index contributed by atoms with van der Waals surface area (Å²) in [6.45, 7) is 6.39. The summed E-state index contributed by atoms with van der Waals surface area (Å²) in [4.78, 5) is 14.9. The summed E-state index contributed by atoms with van der Waals surface area (Å²) < 4.78 is 11.3. The first-order valence-corrected chi connectivity index (χ1v) is 9.91. The molecule has 2 heterocycles. The molecule has 0 saturated carbocycles. The summed E-state index contributed by atoms with van der Waals surface area (Å²) in [5, 5.41) is 4.02. The highest BCUT2D eigenvalue weighted by Crippen LogP contribution is 2.37. The lowest BCUT2D eigenvalue weighted by Gasteiger charge is -2.25. The molecule has 1 aromatic carbocycles. The van der Waals surface area contributed by atoms with Crippen LogP contribution in [0.25, 0.3) is 0 Å². The van der Waals surface area contributed by atoms with Gasteiger partial charge in [-0.15, -0.1) is 0 Å². The van der Waals surface area contributed by atoms with Gasteiger partial charge in [-0.2, -0.15) is 0 Å². The van der Waals surface area contributed by atoms with Crippen molar-refractivity contribution in [2.24, 2.45) is 5.92 Å². The Bertz CT molecular complexity index is 650. The third-order valence-corrected chi connectivity index (χ3v) is 5.51. The number of likely N-dealkylation sites (tertiary alicyclic amines) is 1. The van der Waals surface area contributed by atoms with Crippen molar-refractivity contribution in [3.05, 3.63) is 22.7 Å². The van der Waals surface area contributed by atoms with E-state index in [1.807, 2.05) is 4.90 Å². The molecule has 0 aliphatic carbocycles. The molecule has 3 rings (SSSR count). The summed E-state index contributed by atoms with van der Waals surface area (Å²) in [6, 6.07) is 4.40. The van der Waals surface area contributed by atoms with Gasteiger partial charge in [0.05, 0.1) is 18.7 Å². The van der Waals surface area contributed by atoms with E-state index in [-0.39, 0.29) is 5.91 Å². The van der Waals surface area contributed by atoms with E-state index < -0.39 is 0 Å². The molecular weight excluding hydrogens is 352 g/mol. The fourth-order valence-electron chi connectivity index (χ4n) is 3.69. The molecule has 2 aliphatic rings. The largest absolute Gasteiger partial charge is 0.493 e. The molecule has 2 unspecified atom stereocenters. The number of carbonyl (C=O) groups excluding carboxylic acids is 1. The Labute approximate surface area is 161 Å². The Morgan fingerprint density at radius 2 is 2.08 bits per heavy atom. The Balaban J connectivity index is 1.75. The summed E-state index contributed by atoms with van der Waals surface area (Å²) in [5.41, 5.74) is 0.556. The zero-order chi connectivity index (χ0) is 18.7. The lowest BCUT2D eigenvalue weighted by molar-refractivity contribution is 0.0747. The van der Waals surface area contributed by atoms with Gasteiger partial charge < -0.3 is 19.7 Å². The Hall–Kier alpha value is -1.46. The van der Waals surface area contributed by atoms with Gasteiger partial charge in [0.2, 0.25) is 0 Å². The zero-order valence-electron chi connectivity index (χ0n) is 15.9. The maximum Gasteiger partial charge on any atom is 0.254 e. The summed E-state index contributed by atoms with van der Waals surface area (Å²) in [7, 11) is 1.57. The number of amides is 1. The van der Waals surface area contributed by atoms with Crippen LogP contribution in [-0.4, -0.2) is 49.7 Å². The van der Waals surface area contributed by atoms with Gasteiger partial charge in [-0.05, 0) is 43.7 Å². The molecule has 1 N–H and O–H groups in total. The van der Waals surface area contributed by atoms with Crippen molar-refractivity contribution < 1.29 is 14.3 Å². The van der Waals surface area contributed by atoms with Gasteiger partial charge in [0.25, 0.3) is 5.91 Å². The Morgan fingerprint density at radius 3 is 2.81 bits per heavy atom. The van der Waals surface area contributed by atoms with Crippen LogP contribution in [0.4, 0.5) is 0 Å². The lowest BCUT2D eigenvalue weighted by atomic mass is 10.1. The van der Waals surface area contributed by atoms with E-state index in [0.717, 1.165) is 32.4 Å². The third kappa shape index (κ3) is 4.44. The normalized spacial score (nSPS) is 22.4. The smallest absolute Gasteiger partial charge is 0.254 e. The maximum atomic E-state index is 13.0. The molecule has 6 heteroatoms. The second kappa shape index (κ2) is 8.49. The van der Waals surface area contributed by atoms with E-state index >= 15 is 0 Å². The van der Waals surface area contributed by atoms with Crippen molar-refractivity contribution in [3.8, 4) is 11.5 Å².